The first-order valence-corrected chi connectivity index (χ1v) is 8.49. The average molecular weight is 351 g/mol. The maximum Gasteiger partial charge on any atom is 0.0458 e. The standard InChI is InChI=1S/C17H17BrClN/c18-10-3-11-20-16-5-2-1-4-13(16)6-7-14-8-9-15(19)12-17(14)20/h1-2,4-5,8-9,12H,3,6-7,10-11H2. The van der Waals surface area contributed by atoms with Gasteiger partial charge in [-0.1, -0.05) is 51.8 Å². The molecular weight excluding hydrogens is 334 g/mol. The molecule has 3 heteroatoms. The Kier molecular flexibility index (Phi) is 4.32. The zero-order valence-corrected chi connectivity index (χ0v) is 13.6. The van der Waals surface area contributed by atoms with Crippen LogP contribution in [0, 0.1) is 0 Å². The van der Waals surface area contributed by atoms with Gasteiger partial charge in [-0.2, -0.15) is 0 Å². The third kappa shape index (κ3) is 2.72. The van der Waals surface area contributed by atoms with Crippen molar-refractivity contribution >= 4 is 38.9 Å². The minimum Gasteiger partial charge on any atom is -0.341 e. The number of rotatable bonds is 3. The van der Waals surface area contributed by atoms with Crippen LogP contribution < -0.4 is 4.90 Å². The first kappa shape index (κ1) is 14.0. The zero-order valence-electron chi connectivity index (χ0n) is 11.3. The van der Waals surface area contributed by atoms with Crippen LogP contribution >= 0.6 is 27.5 Å². The lowest BCUT2D eigenvalue weighted by molar-refractivity contribution is 0.896. The van der Waals surface area contributed by atoms with Crippen LogP contribution in [0.3, 0.4) is 0 Å². The largest absolute Gasteiger partial charge is 0.341 e. The minimum atomic E-state index is 0.812. The van der Waals surface area contributed by atoms with Gasteiger partial charge in [-0.25, -0.2) is 0 Å². The Balaban J connectivity index is 2.10. The normalized spacial score (nSPS) is 13.6. The topological polar surface area (TPSA) is 3.24 Å². The molecule has 0 aliphatic carbocycles. The highest BCUT2D eigenvalue weighted by molar-refractivity contribution is 9.09. The van der Waals surface area contributed by atoms with Crippen LogP contribution in [0.25, 0.3) is 0 Å². The van der Waals surface area contributed by atoms with Gasteiger partial charge in [-0.05, 0) is 48.6 Å². The minimum absolute atomic E-state index is 0.812. The van der Waals surface area contributed by atoms with Crippen molar-refractivity contribution in [1.29, 1.82) is 0 Å². The monoisotopic (exact) mass is 349 g/mol. The summed E-state index contributed by atoms with van der Waals surface area (Å²) in [5.41, 5.74) is 5.41. The van der Waals surface area contributed by atoms with E-state index < -0.39 is 0 Å². The van der Waals surface area contributed by atoms with E-state index in [1.807, 2.05) is 6.07 Å². The molecule has 0 fully saturated rings. The Morgan fingerprint density at radius 3 is 2.55 bits per heavy atom. The number of halogens is 2. The number of hydrogen-bond donors (Lipinski definition) is 0. The van der Waals surface area contributed by atoms with Crippen molar-refractivity contribution in [3.05, 3.63) is 58.6 Å². The molecule has 0 bridgehead atoms. The number of hydrogen-bond acceptors (Lipinski definition) is 1. The highest BCUT2D eigenvalue weighted by atomic mass is 79.9. The molecule has 2 aromatic rings. The van der Waals surface area contributed by atoms with Crippen LogP contribution in [0.4, 0.5) is 11.4 Å². The summed E-state index contributed by atoms with van der Waals surface area (Å²) in [5.74, 6) is 0. The first-order chi connectivity index (χ1) is 9.79. The van der Waals surface area contributed by atoms with Gasteiger partial charge in [0.2, 0.25) is 0 Å². The van der Waals surface area contributed by atoms with Crippen molar-refractivity contribution in [3.8, 4) is 0 Å². The molecule has 0 radical (unpaired) electrons. The zero-order chi connectivity index (χ0) is 13.9. The molecule has 1 heterocycles. The Morgan fingerprint density at radius 2 is 1.75 bits per heavy atom. The predicted molar refractivity (Wildman–Crippen MR) is 90.7 cm³/mol. The summed E-state index contributed by atoms with van der Waals surface area (Å²) in [4.78, 5) is 2.42. The summed E-state index contributed by atoms with van der Waals surface area (Å²) in [6.07, 6.45) is 3.28. The fourth-order valence-corrected chi connectivity index (χ4v) is 3.26. The number of aryl methyl sites for hydroxylation is 2. The van der Waals surface area contributed by atoms with Gasteiger partial charge >= 0.3 is 0 Å². The summed E-state index contributed by atoms with van der Waals surface area (Å²) in [5, 5.41) is 1.83. The maximum atomic E-state index is 6.22. The van der Waals surface area contributed by atoms with Crippen molar-refractivity contribution in [1.82, 2.24) is 0 Å². The van der Waals surface area contributed by atoms with E-state index in [0.717, 1.165) is 36.2 Å². The lowest BCUT2D eigenvalue weighted by Crippen LogP contribution is -2.20. The van der Waals surface area contributed by atoms with Crippen molar-refractivity contribution in [2.45, 2.75) is 19.3 Å². The molecule has 104 valence electrons. The van der Waals surface area contributed by atoms with E-state index >= 15 is 0 Å². The molecule has 20 heavy (non-hydrogen) atoms. The van der Waals surface area contributed by atoms with Crippen LogP contribution in [-0.4, -0.2) is 11.9 Å². The van der Waals surface area contributed by atoms with Crippen LogP contribution in [0.15, 0.2) is 42.5 Å². The van der Waals surface area contributed by atoms with Crippen LogP contribution in [0.2, 0.25) is 5.02 Å². The van der Waals surface area contributed by atoms with Gasteiger partial charge in [-0.3, -0.25) is 0 Å². The molecule has 1 aliphatic heterocycles. The second kappa shape index (κ2) is 6.19. The molecule has 1 nitrogen and oxygen atoms in total. The van der Waals surface area contributed by atoms with Gasteiger partial charge in [0.05, 0.1) is 0 Å². The molecule has 0 spiro atoms. The molecule has 0 amide bonds. The van der Waals surface area contributed by atoms with Crippen molar-refractivity contribution < 1.29 is 0 Å². The van der Waals surface area contributed by atoms with Gasteiger partial charge in [0.1, 0.15) is 0 Å². The summed E-state index contributed by atoms with van der Waals surface area (Å²) in [7, 11) is 0. The van der Waals surface area contributed by atoms with Gasteiger partial charge in [-0.15, -0.1) is 0 Å². The summed E-state index contributed by atoms with van der Waals surface area (Å²) in [6, 6.07) is 15.0. The lowest BCUT2D eigenvalue weighted by atomic mass is 10.0. The second-order valence-corrected chi connectivity index (χ2v) is 6.33. The van der Waals surface area contributed by atoms with E-state index in [1.165, 1.54) is 22.5 Å². The van der Waals surface area contributed by atoms with Crippen molar-refractivity contribution in [2.24, 2.45) is 0 Å². The number of anilines is 2. The summed E-state index contributed by atoms with van der Waals surface area (Å²) < 4.78 is 0. The fourth-order valence-electron chi connectivity index (χ4n) is 2.84. The van der Waals surface area contributed by atoms with E-state index in [1.54, 1.807) is 0 Å². The lowest BCUT2D eigenvalue weighted by Gasteiger charge is -2.27. The van der Waals surface area contributed by atoms with Crippen LogP contribution in [-0.2, 0) is 12.8 Å². The Bertz CT molecular complexity index is 612. The highest BCUT2D eigenvalue weighted by Gasteiger charge is 2.20. The predicted octanol–water partition coefficient (Wildman–Crippen LogP) is 5.36. The number of nitrogens with zero attached hydrogens (tertiary/aromatic N) is 1. The average Bonchev–Trinajstić information content (AvgIpc) is 2.62. The molecule has 3 rings (SSSR count). The maximum absolute atomic E-state index is 6.22. The molecule has 0 N–H and O–H groups in total. The van der Waals surface area contributed by atoms with E-state index in [-0.39, 0.29) is 0 Å². The SMILES string of the molecule is Clc1ccc2c(c1)N(CCCBr)c1ccccc1CC2. The van der Waals surface area contributed by atoms with Gasteiger partial charge in [0.15, 0.2) is 0 Å². The van der Waals surface area contributed by atoms with Gasteiger partial charge < -0.3 is 4.90 Å². The number of para-hydroxylation sites is 1. The molecule has 0 saturated heterocycles. The van der Waals surface area contributed by atoms with E-state index in [0.29, 0.717) is 0 Å². The molecule has 2 aromatic carbocycles. The highest BCUT2D eigenvalue weighted by Crippen LogP contribution is 2.37. The fraction of sp³-hybridized carbons (Fsp3) is 0.294. The molecular formula is C17H17BrClN. The number of fused-ring (bicyclic) bond motifs is 2. The van der Waals surface area contributed by atoms with Gasteiger partial charge in [0, 0.05) is 28.3 Å². The summed E-state index contributed by atoms with van der Waals surface area (Å²) >= 11 is 9.76. The van der Waals surface area contributed by atoms with Crippen LogP contribution in [0.1, 0.15) is 17.5 Å². The Labute approximate surface area is 133 Å². The molecule has 1 aliphatic rings. The molecule has 0 atom stereocenters. The number of alkyl halides is 1. The molecule has 0 saturated carbocycles. The quantitative estimate of drug-likeness (QED) is 0.673. The smallest absolute Gasteiger partial charge is 0.0458 e. The van der Waals surface area contributed by atoms with Crippen LogP contribution in [0.5, 0.6) is 0 Å². The molecule has 0 unspecified atom stereocenters. The van der Waals surface area contributed by atoms with Gasteiger partial charge in [0.25, 0.3) is 0 Å². The van der Waals surface area contributed by atoms with E-state index in [2.05, 4.69) is 57.2 Å². The Hall–Kier alpha value is -0.990. The summed E-state index contributed by atoms with van der Waals surface area (Å²) in [6.45, 7) is 1.01. The van der Waals surface area contributed by atoms with E-state index in [9.17, 15) is 0 Å². The second-order valence-electron chi connectivity index (χ2n) is 5.10. The van der Waals surface area contributed by atoms with Crippen molar-refractivity contribution in [3.63, 3.8) is 0 Å². The third-order valence-electron chi connectivity index (χ3n) is 3.80. The third-order valence-corrected chi connectivity index (χ3v) is 4.60. The van der Waals surface area contributed by atoms with E-state index in [4.69, 9.17) is 11.6 Å². The molecule has 0 aromatic heterocycles. The van der Waals surface area contributed by atoms with Crippen molar-refractivity contribution in [2.75, 3.05) is 16.8 Å². The number of benzene rings is 2. The Morgan fingerprint density at radius 1 is 1.00 bits per heavy atom. The first-order valence-electron chi connectivity index (χ1n) is 6.99.